The minimum Gasteiger partial charge on any atom is -0.350 e. The summed E-state index contributed by atoms with van der Waals surface area (Å²) in [6, 6.07) is 3.52. The van der Waals surface area contributed by atoms with Gasteiger partial charge in [0.15, 0.2) is 0 Å². The number of halogens is 2. The maximum atomic E-state index is 14.2. The summed E-state index contributed by atoms with van der Waals surface area (Å²) in [5.74, 6) is -0.831. The Kier molecular flexibility index (Phi) is 6.96. The molecule has 2 heterocycles. The first-order chi connectivity index (χ1) is 14.5. The van der Waals surface area contributed by atoms with Gasteiger partial charge in [-0.15, -0.1) is 0 Å². The summed E-state index contributed by atoms with van der Waals surface area (Å²) in [4.78, 5) is 30.9. The van der Waals surface area contributed by atoms with E-state index in [2.05, 4.69) is 15.4 Å². The molecule has 3 N–H and O–H groups in total. The zero-order chi connectivity index (χ0) is 22.8. The molecule has 0 spiro atoms. The second-order valence-corrected chi connectivity index (χ2v) is 9.48. The first kappa shape index (κ1) is 23.1. The third-order valence-corrected chi connectivity index (χ3v) is 5.38. The molecule has 1 unspecified atom stereocenters. The lowest BCUT2D eigenvalue weighted by Crippen LogP contribution is -2.51. The van der Waals surface area contributed by atoms with E-state index in [1.54, 1.807) is 22.9 Å². The van der Waals surface area contributed by atoms with Crippen molar-refractivity contribution in [2.24, 2.45) is 11.1 Å². The number of likely N-dealkylation sites (tertiary alicyclic amines) is 1. The number of nitrogens with two attached hydrogens (primary N) is 1. The van der Waals surface area contributed by atoms with Crippen LogP contribution in [0.5, 0.6) is 0 Å². The van der Waals surface area contributed by atoms with Gasteiger partial charge in [0.2, 0.25) is 11.8 Å². The standard InChI is InChI=1S/C21H28ClFN6O2/c1-21(2,3)8-16(24)20(31)28-10-15(23)7-18(28)19(30)26-9-13-6-14(22)4-5-17(13)29-12-25-11-27-29/h4-6,11-12,15-16,18H,7-10,24H2,1-3H3,(H,26,30)/t15-,16-,18?/m1/s1. The molecule has 0 saturated carbocycles. The van der Waals surface area contributed by atoms with E-state index in [-0.39, 0.29) is 24.9 Å². The molecule has 3 rings (SSSR count). The van der Waals surface area contributed by atoms with Gasteiger partial charge in [0.05, 0.1) is 18.3 Å². The van der Waals surface area contributed by atoms with Gasteiger partial charge < -0.3 is 16.0 Å². The van der Waals surface area contributed by atoms with E-state index in [1.165, 1.54) is 17.6 Å². The third-order valence-electron chi connectivity index (χ3n) is 5.15. The Labute approximate surface area is 185 Å². The second-order valence-electron chi connectivity index (χ2n) is 9.04. The summed E-state index contributed by atoms with van der Waals surface area (Å²) in [6.45, 7) is 5.94. The summed E-state index contributed by atoms with van der Waals surface area (Å²) in [5, 5.41) is 7.41. The van der Waals surface area contributed by atoms with Crippen molar-refractivity contribution in [3.05, 3.63) is 41.4 Å². The molecular weight excluding hydrogens is 423 g/mol. The predicted octanol–water partition coefficient (Wildman–Crippen LogP) is 2.24. The summed E-state index contributed by atoms with van der Waals surface area (Å²) in [5.41, 5.74) is 7.33. The van der Waals surface area contributed by atoms with Crippen LogP contribution in [0.4, 0.5) is 4.39 Å². The highest BCUT2D eigenvalue weighted by molar-refractivity contribution is 6.30. The molecule has 1 aliphatic rings. The van der Waals surface area contributed by atoms with Crippen molar-refractivity contribution in [2.45, 2.75) is 58.4 Å². The number of aromatic nitrogens is 3. The van der Waals surface area contributed by atoms with Crippen LogP contribution in [0, 0.1) is 5.41 Å². The van der Waals surface area contributed by atoms with Crippen LogP contribution < -0.4 is 11.1 Å². The number of nitrogens with zero attached hydrogens (tertiary/aromatic N) is 4. The van der Waals surface area contributed by atoms with Crippen LogP contribution in [0.2, 0.25) is 5.02 Å². The van der Waals surface area contributed by atoms with E-state index in [0.29, 0.717) is 22.7 Å². The van der Waals surface area contributed by atoms with Crippen molar-refractivity contribution >= 4 is 23.4 Å². The molecule has 8 nitrogen and oxygen atoms in total. The molecule has 1 saturated heterocycles. The first-order valence-corrected chi connectivity index (χ1v) is 10.5. The van der Waals surface area contributed by atoms with Gasteiger partial charge in [0.25, 0.3) is 0 Å². The van der Waals surface area contributed by atoms with Crippen LogP contribution in [0.3, 0.4) is 0 Å². The number of carbonyl (C=O) groups is 2. The maximum Gasteiger partial charge on any atom is 0.243 e. The number of amides is 2. The van der Waals surface area contributed by atoms with Crippen molar-refractivity contribution in [2.75, 3.05) is 6.54 Å². The van der Waals surface area contributed by atoms with Gasteiger partial charge >= 0.3 is 0 Å². The molecule has 1 aromatic heterocycles. The summed E-state index contributed by atoms with van der Waals surface area (Å²) in [6.07, 6.45) is 2.07. The Morgan fingerprint density at radius 1 is 1.39 bits per heavy atom. The molecule has 10 heteroatoms. The minimum absolute atomic E-state index is 0.0503. The highest BCUT2D eigenvalue weighted by Crippen LogP contribution is 2.26. The number of rotatable bonds is 6. The molecule has 0 bridgehead atoms. The number of nitrogens with one attached hydrogen (secondary N) is 1. The molecular formula is C21H28ClFN6O2. The average Bonchev–Trinajstić information content (AvgIpc) is 3.34. The molecule has 31 heavy (non-hydrogen) atoms. The average molecular weight is 451 g/mol. The van der Waals surface area contributed by atoms with Crippen molar-refractivity contribution < 1.29 is 14.0 Å². The maximum absolute atomic E-state index is 14.2. The molecule has 0 aliphatic carbocycles. The largest absolute Gasteiger partial charge is 0.350 e. The van der Waals surface area contributed by atoms with Gasteiger partial charge in [-0.1, -0.05) is 32.4 Å². The summed E-state index contributed by atoms with van der Waals surface area (Å²) in [7, 11) is 0. The van der Waals surface area contributed by atoms with Crippen LogP contribution in [-0.4, -0.2) is 56.3 Å². The number of hydrogen-bond acceptors (Lipinski definition) is 5. The molecule has 1 aliphatic heterocycles. The van der Waals surface area contributed by atoms with Gasteiger partial charge in [0.1, 0.15) is 24.9 Å². The van der Waals surface area contributed by atoms with Crippen molar-refractivity contribution in [1.29, 1.82) is 0 Å². The molecule has 2 amide bonds. The van der Waals surface area contributed by atoms with Gasteiger partial charge in [-0.3, -0.25) is 9.59 Å². The second kappa shape index (κ2) is 9.32. The zero-order valence-electron chi connectivity index (χ0n) is 17.9. The molecule has 168 valence electrons. The highest BCUT2D eigenvalue weighted by Gasteiger charge is 2.41. The molecule has 1 aromatic carbocycles. The van der Waals surface area contributed by atoms with Gasteiger partial charge in [-0.2, -0.15) is 5.10 Å². The summed E-state index contributed by atoms with van der Waals surface area (Å²) < 4.78 is 15.7. The van der Waals surface area contributed by atoms with Crippen molar-refractivity contribution in [1.82, 2.24) is 25.0 Å². The van der Waals surface area contributed by atoms with Gasteiger partial charge in [-0.05, 0) is 35.6 Å². The fourth-order valence-electron chi connectivity index (χ4n) is 3.79. The number of carbonyl (C=O) groups excluding carboxylic acids is 2. The lowest BCUT2D eigenvalue weighted by atomic mass is 9.88. The fraction of sp³-hybridized carbons (Fsp3) is 0.524. The Morgan fingerprint density at radius 3 is 2.77 bits per heavy atom. The van der Waals surface area contributed by atoms with Crippen molar-refractivity contribution in [3.63, 3.8) is 0 Å². The SMILES string of the molecule is CC(C)(C)C[C@@H](N)C(=O)N1C[C@H](F)CC1C(=O)NCc1cc(Cl)ccc1-n1cncn1. The first-order valence-electron chi connectivity index (χ1n) is 10.2. The molecule has 3 atom stereocenters. The molecule has 2 aromatic rings. The molecule has 0 radical (unpaired) electrons. The van der Waals surface area contributed by atoms with E-state index >= 15 is 0 Å². The van der Waals surface area contributed by atoms with E-state index < -0.39 is 30.1 Å². The quantitative estimate of drug-likeness (QED) is 0.702. The third kappa shape index (κ3) is 5.80. The van der Waals surface area contributed by atoms with Crippen LogP contribution >= 0.6 is 11.6 Å². The monoisotopic (exact) mass is 450 g/mol. The minimum atomic E-state index is -1.27. The van der Waals surface area contributed by atoms with Crippen LogP contribution in [0.1, 0.15) is 39.2 Å². The Bertz CT molecular complexity index is 930. The van der Waals surface area contributed by atoms with Crippen LogP contribution in [0.25, 0.3) is 5.69 Å². The number of alkyl halides is 1. The normalized spacial score (nSPS) is 20.0. The predicted molar refractivity (Wildman–Crippen MR) is 115 cm³/mol. The Morgan fingerprint density at radius 2 is 2.13 bits per heavy atom. The zero-order valence-corrected chi connectivity index (χ0v) is 18.6. The smallest absolute Gasteiger partial charge is 0.243 e. The fourth-order valence-corrected chi connectivity index (χ4v) is 3.98. The molecule has 1 fully saturated rings. The Hall–Kier alpha value is -2.52. The van der Waals surface area contributed by atoms with Gasteiger partial charge in [0, 0.05) is 18.0 Å². The van der Waals surface area contributed by atoms with Gasteiger partial charge in [-0.25, -0.2) is 14.1 Å². The number of hydrogen-bond donors (Lipinski definition) is 2. The number of benzene rings is 1. The highest BCUT2D eigenvalue weighted by atomic mass is 35.5. The lowest BCUT2D eigenvalue weighted by Gasteiger charge is -2.29. The van der Waals surface area contributed by atoms with Crippen LogP contribution in [-0.2, 0) is 16.1 Å². The lowest BCUT2D eigenvalue weighted by molar-refractivity contribution is -0.140. The Balaban J connectivity index is 1.71. The van der Waals surface area contributed by atoms with Crippen LogP contribution in [0.15, 0.2) is 30.9 Å². The van der Waals surface area contributed by atoms with E-state index in [1.807, 2.05) is 20.8 Å². The summed E-state index contributed by atoms with van der Waals surface area (Å²) >= 11 is 6.12. The van der Waals surface area contributed by atoms with Crippen molar-refractivity contribution in [3.8, 4) is 5.69 Å². The van der Waals surface area contributed by atoms with E-state index in [0.717, 1.165) is 0 Å². The van der Waals surface area contributed by atoms with E-state index in [4.69, 9.17) is 17.3 Å². The topological polar surface area (TPSA) is 106 Å². The van der Waals surface area contributed by atoms with E-state index in [9.17, 15) is 14.0 Å².